The molecule has 0 aliphatic carbocycles. The third-order valence-corrected chi connectivity index (χ3v) is 2.98. The second-order valence-corrected chi connectivity index (χ2v) is 4.93. The number of aliphatic carboxylic acids is 1. The van der Waals surface area contributed by atoms with Crippen molar-refractivity contribution in [3.8, 4) is 0 Å². The normalized spacial score (nSPS) is 12.8. The van der Waals surface area contributed by atoms with Gasteiger partial charge in [-0.05, 0) is 6.92 Å². The van der Waals surface area contributed by atoms with Crippen LogP contribution in [0.25, 0.3) is 0 Å². The van der Waals surface area contributed by atoms with Crippen molar-refractivity contribution in [3.05, 3.63) is 18.2 Å². The summed E-state index contributed by atoms with van der Waals surface area (Å²) in [6.45, 7) is 0.746. The van der Waals surface area contributed by atoms with Crippen LogP contribution in [-0.2, 0) is 25.6 Å². The highest BCUT2D eigenvalue weighted by Crippen LogP contribution is 1.98. The van der Waals surface area contributed by atoms with Crippen LogP contribution in [-0.4, -0.2) is 63.9 Å². The van der Waals surface area contributed by atoms with Gasteiger partial charge in [0.25, 0.3) is 0 Å². The van der Waals surface area contributed by atoms with Crippen molar-refractivity contribution < 1.29 is 24.3 Å². The Kier molecular flexibility index (Phi) is 7.36. The molecule has 1 aromatic heterocycles. The van der Waals surface area contributed by atoms with Gasteiger partial charge >= 0.3 is 5.97 Å². The molecule has 24 heavy (non-hydrogen) atoms. The SMILES string of the molecule is C[C@H](NC(=O)CN)C(=O)NCC(=O)N[C@@H](Cc1c[nH]cn1)C(=O)O. The molecule has 2 atom stereocenters. The fourth-order valence-electron chi connectivity index (χ4n) is 1.74. The molecule has 1 aromatic rings. The molecule has 0 bridgehead atoms. The molecule has 1 rings (SSSR count). The second kappa shape index (κ2) is 9.25. The number of hydrogen-bond donors (Lipinski definition) is 6. The Morgan fingerprint density at radius 2 is 2.00 bits per heavy atom. The zero-order chi connectivity index (χ0) is 18.1. The van der Waals surface area contributed by atoms with Crippen molar-refractivity contribution >= 4 is 23.7 Å². The summed E-state index contributed by atoms with van der Waals surface area (Å²) in [5.41, 5.74) is 5.59. The van der Waals surface area contributed by atoms with Crippen molar-refractivity contribution in [2.45, 2.75) is 25.4 Å². The van der Waals surface area contributed by atoms with E-state index in [0.717, 1.165) is 0 Å². The lowest BCUT2D eigenvalue weighted by atomic mass is 10.1. The van der Waals surface area contributed by atoms with E-state index in [4.69, 9.17) is 10.8 Å². The second-order valence-electron chi connectivity index (χ2n) is 4.93. The fourth-order valence-corrected chi connectivity index (χ4v) is 1.74. The van der Waals surface area contributed by atoms with Crippen molar-refractivity contribution in [1.82, 2.24) is 25.9 Å². The number of H-pyrrole nitrogens is 1. The Hall–Kier alpha value is -2.95. The van der Waals surface area contributed by atoms with Gasteiger partial charge in [0.05, 0.1) is 25.1 Å². The molecule has 0 aromatic carbocycles. The first-order valence-electron chi connectivity index (χ1n) is 7.10. The molecule has 132 valence electrons. The molecule has 7 N–H and O–H groups in total. The number of aromatic amines is 1. The maximum Gasteiger partial charge on any atom is 0.326 e. The van der Waals surface area contributed by atoms with Crippen molar-refractivity contribution in [3.63, 3.8) is 0 Å². The number of amides is 3. The van der Waals surface area contributed by atoms with Crippen molar-refractivity contribution in [2.24, 2.45) is 5.73 Å². The van der Waals surface area contributed by atoms with E-state index in [-0.39, 0.29) is 13.0 Å². The Bertz CT molecular complexity index is 588. The molecule has 0 saturated heterocycles. The molecule has 0 radical (unpaired) electrons. The predicted molar refractivity (Wildman–Crippen MR) is 81.5 cm³/mol. The van der Waals surface area contributed by atoms with E-state index >= 15 is 0 Å². The van der Waals surface area contributed by atoms with E-state index in [1.807, 2.05) is 0 Å². The zero-order valence-electron chi connectivity index (χ0n) is 13.0. The summed E-state index contributed by atoms with van der Waals surface area (Å²) in [5, 5.41) is 16.0. The summed E-state index contributed by atoms with van der Waals surface area (Å²) in [4.78, 5) is 52.3. The zero-order valence-corrected chi connectivity index (χ0v) is 13.0. The Labute approximate surface area is 137 Å². The van der Waals surface area contributed by atoms with Gasteiger partial charge in [0.2, 0.25) is 17.7 Å². The molecule has 0 spiro atoms. The quantitative estimate of drug-likeness (QED) is 0.279. The highest BCUT2D eigenvalue weighted by atomic mass is 16.4. The number of hydrogen-bond acceptors (Lipinski definition) is 6. The highest BCUT2D eigenvalue weighted by molar-refractivity contribution is 5.91. The van der Waals surface area contributed by atoms with Gasteiger partial charge in [-0.1, -0.05) is 0 Å². The predicted octanol–water partition coefficient (Wildman–Crippen LogP) is -2.90. The van der Waals surface area contributed by atoms with Crippen LogP contribution in [0.3, 0.4) is 0 Å². The summed E-state index contributed by atoms with van der Waals surface area (Å²) in [6.07, 6.45) is 2.92. The standard InChI is InChI=1S/C13H20N6O5/c1-7(18-10(20)3-14)12(22)16-5-11(21)19-9(13(23)24)2-8-4-15-6-17-8/h4,6-7,9H,2-3,5,14H2,1H3,(H,15,17)(H,16,22)(H,18,20)(H,19,21)(H,23,24)/t7-,9-/m0/s1. The first-order valence-corrected chi connectivity index (χ1v) is 7.10. The monoisotopic (exact) mass is 340 g/mol. The number of carbonyl (C=O) groups is 4. The number of aromatic nitrogens is 2. The fraction of sp³-hybridized carbons (Fsp3) is 0.462. The molecular formula is C13H20N6O5. The van der Waals surface area contributed by atoms with Gasteiger partial charge < -0.3 is 31.8 Å². The third-order valence-electron chi connectivity index (χ3n) is 2.98. The molecule has 11 nitrogen and oxygen atoms in total. The molecule has 0 aliphatic heterocycles. The third kappa shape index (κ3) is 6.44. The summed E-state index contributed by atoms with van der Waals surface area (Å²) < 4.78 is 0. The summed E-state index contributed by atoms with van der Waals surface area (Å²) in [7, 11) is 0. The van der Waals surface area contributed by atoms with Crippen LogP contribution in [0.5, 0.6) is 0 Å². The first-order chi connectivity index (χ1) is 11.3. The van der Waals surface area contributed by atoms with Gasteiger partial charge in [-0.3, -0.25) is 14.4 Å². The highest BCUT2D eigenvalue weighted by Gasteiger charge is 2.22. The van der Waals surface area contributed by atoms with E-state index in [0.29, 0.717) is 5.69 Å². The van der Waals surface area contributed by atoms with Crippen molar-refractivity contribution in [1.29, 1.82) is 0 Å². The minimum absolute atomic E-state index is 0.00147. The number of nitrogens with two attached hydrogens (primary N) is 1. The van der Waals surface area contributed by atoms with Gasteiger partial charge in [-0.15, -0.1) is 0 Å². The van der Waals surface area contributed by atoms with Crippen LogP contribution in [0.15, 0.2) is 12.5 Å². The molecule has 0 aliphatic rings. The van der Waals surface area contributed by atoms with E-state index in [1.165, 1.54) is 19.4 Å². The minimum Gasteiger partial charge on any atom is -0.480 e. The molecule has 3 amide bonds. The van der Waals surface area contributed by atoms with Gasteiger partial charge in [0, 0.05) is 12.6 Å². The van der Waals surface area contributed by atoms with Gasteiger partial charge in [0.15, 0.2) is 0 Å². The molecule has 11 heteroatoms. The van der Waals surface area contributed by atoms with Gasteiger partial charge in [-0.25, -0.2) is 9.78 Å². The van der Waals surface area contributed by atoms with Crippen LogP contribution in [0.1, 0.15) is 12.6 Å². The maximum absolute atomic E-state index is 11.8. The Morgan fingerprint density at radius 3 is 2.54 bits per heavy atom. The van der Waals surface area contributed by atoms with Crippen molar-refractivity contribution in [2.75, 3.05) is 13.1 Å². The number of nitrogens with one attached hydrogen (secondary N) is 4. The van der Waals surface area contributed by atoms with Crippen LogP contribution in [0.2, 0.25) is 0 Å². The largest absolute Gasteiger partial charge is 0.480 e. The average molecular weight is 340 g/mol. The lowest BCUT2D eigenvalue weighted by molar-refractivity contribution is -0.141. The maximum atomic E-state index is 11.8. The Balaban J connectivity index is 2.44. The van der Waals surface area contributed by atoms with Crippen LogP contribution in [0.4, 0.5) is 0 Å². The van der Waals surface area contributed by atoms with Crippen LogP contribution >= 0.6 is 0 Å². The first kappa shape index (κ1) is 19.1. The summed E-state index contributed by atoms with van der Waals surface area (Å²) >= 11 is 0. The lowest BCUT2D eigenvalue weighted by Gasteiger charge is -2.16. The summed E-state index contributed by atoms with van der Waals surface area (Å²) in [5.74, 6) is -3.00. The van der Waals surface area contributed by atoms with E-state index < -0.39 is 42.3 Å². The van der Waals surface area contributed by atoms with Gasteiger partial charge in [0.1, 0.15) is 12.1 Å². The molecule has 0 fully saturated rings. The number of carboxylic acids is 1. The van der Waals surface area contributed by atoms with Crippen LogP contribution < -0.4 is 21.7 Å². The number of imidazole rings is 1. The molecule has 0 unspecified atom stereocenters. The van der Waals surface area contributed by atoms with Gasteiger partial charge in [-0.2, -0.15) is 0 Å². The van der Waals surface area contributed by atoms with Crippen LogP contribution in [0, 0.1) is 0 Å². The lowest BCUT2D eigenvalue weighted by Crippen LogP contribution is -2.50. The molecule has 0 saturated carbocycles. The number of rotatable bonds is 9. The Morgan fingerprint density at radius 1 is 1.29 bits per heavy atom. The number of nitrogens with zero attached hydrogens (tertiary/aromatic N) is 1. The molecular weight excluding hydrogens is 320 g/mol. The average Bonchev–Trinajstić information content (AvgIpc) is 3.04. The smallest absolute Gasteiger partial charge is 0.326 e. The van der Waals surface area contributed by atoms with E-state index in [2.05, 4.69) is 25.9 Å². The number of carboxylic acid groups (broad SMARTS) is 1. The van der Waals surface area contributed by atoms with E-state index in [9.17, 15) is 19.2 Å². The number of carbonyl (C=O) groups excluding carboxylic acids is 3. The topological polar surface area (TPSA) is 179 Å². The summed E-state index contributed by atoms with van der Waals surface area (Å²) in [6, 6.07) is -2.04. The minimum atomic E-state index is -1.22. The van der Waals surface area contributed by atoms with E-state index in [1.54, 1.807) is 0 Å². The molecule has 1 heterocycles.